The summed E-state index contributed by atoms with van der Waals surface area (Å²) < 4.78 is 10.6. The number of rotatable bonds is 11. The molecule has 2 heterocycles. The van der Waals surface area contributed by atoms with E-state index in [-0.39, 0.29) is 18.2 Å². The van der Waals surface area contributed by atoms with E-state index in [0.29, 0.717) is 56.2 Å². The number of aromatic nitrogens is 1. The highest BCUT2D eigenvalue weighted by molar-refractivity contribution is 5.95. The summed E-state index contributed by atoms with van der Waals surface area (Å²) in [7, 11) is 1.63. The Labute approximate surface area is 166 Å². The molecule has 1 N–H and O–H groups in total. The maximum Gasteiger partial charge on any atom is 0.257 e. The van der Waals surface area contributed by atoms with E-state index in [1.165, 1.54) is 0 Å². The van der Waals surface area contributed by atoms with Crippen LogP contribution in [0.25, 0.3) is 0 Å². The molecule has 0 atom stereocenters. The lowest BCUT2D eigenvalue weighted by Gasteiger charge is -2.22. The van der Waals surface area contributed by atoms with Crippen molar-refractivity contribution < 1.29 is 18.7 Å². The Bertz CT molecular complexity index is 758. The quantitative estimate of drug-likeness (QED) is 0.599. The van der Waals surface area contributed by atoms with E-state index < -0.39 is 0 Å². The van der Waals surface area contributed by atoms with Gasteiger partial charge in [0.05, 0.1) is 5.56 Å². The number of amides is 2. The number of furan rings is 1. The van der Waals surface area contributed by atoms with Gasteiger partial charge in [-0.15, -0.1) is 0 Å². The standard InChI is InChI=1S/C21H29N3O4/c1-16-15-19(17(2)28-16)21(26)24(12-6-14-27-3)13-9-20(25)23-11-8-18-7-4-5-10-22-18/h4-5,7,10,15H,6,8-9,11-14H2,1-3H3,(H,23,25). The zero-order valence-corrected chi connectivity index (χ0v) is 16.9. The highest BCUT2D eigenvalue weighted by atomic mass is 16.5. The van der Waals surface area contributed by atoms with Gasteiger partial charge in [0.2, 0.25) is 5.91 Å². The number of carbonyl (C=O) groups is 2. The van der Waals surface area contributed by atoms with Crippen molar-refractivity contribution in [1.29, 1.82) is 0 Å². The van der Waals surface area contributed by atoms with E-state index in [0.717, 1.165) is 5.69 Å². The number of hydrogen-bond acceptors (Lipinski definition) is 5. The molecule has 0 fully saturated rings. The second-order valence-electron chi connectivity index (χ2n) is 6.64. The Balaban J connectivity index is 1.86. The molecule has 2 aromatic rings. The summed E-state index contributed by atoms with van der Waals surface area (Å²) in [6, 6.07) is 7.46. The number of ether oxygens (including phenoxy) is 1. The molecule has 2 aromatic heterocycles. The second-order valence-corrected chi connectivity index (χ2v) is 6.64. The predicted octanol–water partition coefficient (Wildman–Crippen LogP) is 2.52. The molecule has 0 aliphatic carbocycles. The van der Waals surface area contributed by atoms with Gasteiger partial charge in [0.15, 0.2) is 0 Å². The van der Waals surface area contributed by atoms with Gasteiger partial charge in [-0.05, 0) is 38.5 Å². The van der Waals surface area contributed by atoms with Crippen LogP contribution >= 0.6 is 0 Å². The number of hydrogen-bond donors (Lipinski definition) is 1. The summed E-state index contributed by atoms with van der Waals surface area (Å²) in [4.78, 5) is 31.0. The minimum absolute atomic E-state index is 0.0828. The van der Waals surface area contributed by atoms with Crippen LogP contribution in [-0.4, -0.2) is 55.0 Å². The van der Waals surface area contributed by atoms with Crippen molar-refractivity contribution in [3.8, 4) is 0 Å². The molecule has 0 aromatic carbocycles. The fourth-order valence-corrected chi connectivity index (χ4v) is 2.93. The lowest BCUT2D eigenvalue weighted by Crippen LogP contribution is -2.36. The van der Waals surface area contributed by atoms with Crippen molar-refractivity contribution in [3.05, 3.63) is 53.2 Å². The largest absolute Gasteiger partial charge is 0.466 e. The maximum atomic E-state index is 12.9. The summed E-state index contributed by atoms with van der Waals surface area (Å²) in [5, 5.41) is 2.89. The van der Waals surface area contributed by atoms with E-state index in [1.54, 1.807) is 31.2 Å². The van der Waals surface area contributed by atoms with Crippen LogP contribution in [0, 0.1) is 13.8 Å². The first kappa shape index (κ1) is 21.6. The first-order chi connectivity index (χ1) is 13.5. The number of methoxy groups -OCH3 is 1. The highest BCUT2D eigenvalue weighted by Gasteiger charge is 2.21. The molecule has 0 bridgehead atoms. The van der Waals surface area contributed by atoms with Crippen LogP contribution in [0.5, 0.6) is 0 Å². The van der Waals surface area contributed by atoms with Crippen molar-refractivity contribution in [2.75, 3.05) is 33.4 Å². The Kier molecular flexibility index (Phi) is 8.68. The average molecular weight is 387 g/mol. The molecule has 0 unspecified atom stereocenters. The van der Waals surface area contributed by atoms with Gasteiger partial charge in [0.1, 0.15) is 11.5 Å². The third-order valence-electron chi connectivity index (χ3n) is 4.37. The number of pyridine rings is 1. The predicted molar refractivity (Wildman–Crippen MR) is 106 cm³/mol. The monoisotopic (exact) mass is 387 g/mol. The smallest absolute Gasteiger partial charge is 0.257 e. The maximum absolute atomic E-state index is 12.9. The fourth-order valence-electron chi connectivity index (χ4n) is 2.93. The van der Waals surface area contributed by atoms with Gasteiger partial charge in [-0.1, -0.05) is 6.07 Å². The van der Waals surface area contributed by atoms with Crippen LogP contribution in [0.3, 0.4) is 0 Å². The van der Waals surface area contributed by atoms with E-state index in [4.69, 9.17) is 9.15 Å². The topological polar surface area (TPSA) is 84.7 Å². The van der Waals surface area contributed by atoms with E-state index >= 15 is 0 Å². The summed E-state index contributed by atoms with van der Waals surface area (Å²) in [5.41, 5.74) is 1.48. The van der Waals surface area contributed by atoms with Crippen molar-refractivity contribution in [2.24, 2.45) is 0 Å². The zero-order chi connectivity index (χ0) is 20.4. The molecule has 0 saturated carbocycles. The molecule has 28 heavy (non-hydrogen) atoms. The van der Waals surface area contributed by atoms with Gasteiger partial charge in [-0.2, -0.15) is 0 Å². The number of carbonyl (C=O) groups excluding carboxylic acids is 2. The summed E-state index contributed by atoms with van der Waals surface area (Å²) in [6.45, 7) is 5.54. The normalized spacial score (nSPS) is 10.7. The SMILES string of the molecule is COCCCN(CCC(=O)NCCc1ccccn1)C(=O)c1cc(C)oc1C. The highest BCUT2D eigenvalue weighted by Crippen LogP contribution is 2.16. The summed E-state index contributed by atoms with van der Waals surface area (Å²) in [6.07, 6.45) is 3.37. The van der Waals surface area contributed by atoms with Crippen LogP contribution in [0.1, 0.15) is 40.4 Å². The minimum Gasteiger partial charge on any atom is -0.466 e. The zero-order valence-electron chi connectivity index (χ0n) is 16.9. The first-order valence-electron chi connectivity index (χ1n) is 9.53. The molecule has 0 aliphatic rings. The first-order valence-corrected chi connectivity index (χ1v) is 9.53. The molecule has 7 heteroatoms. The van der Waals surface area contributed by atoms with E-state index in [2.05, 4.69) is 10.3 Å². The Morgan fingerprint density at radius 2 is 2.07 bits per heavy atom. The summed E-state index contributed by atoms with van der Waals surface area (Å²) in [5.74, 6) is 1.09. The fraction of sp³-hybridized carbons (Fsp3) is 0.476. The molecule has 2 amide bonds. The van der Waals surface area contributed by atoms with Gasteiger partial charge in [-0.3, -0.25) is 14.6 Å². The molecule has 2 rings (SSSR count). The van der Waals surface area contributed by atoms with Gasteiger partial charge in [-0.25, -0.2) is 0 Å². The molecule has 0 radical (unpaired) electrons. The van der Waals surface area contributed by atoms with Crippen molar-refractivity contribution in [2.45, 2.75) is 33.1 Å². The molecular weight excluding hydrogens is 358 g/mol. The molecule has 7 nitrogen and oxygen atoms in total. The van der Waals surface area contributed by atoms with Crippen LogP contribution < -0.4 is 5.32 Å². The lowest BCUT2D eigenvalue weighted by molar-refractivity contribution is -0.121. The van der Waals surface area contributed by atoms with E-state index in [1.807, 2.05) is 25.1 Å². The molecule has 0 aliphatic heterocycles. The molecule has 152 valence electrons. The Morgan fingerprint density at radius 1 is 1.25 bits per heavy atom. The van der Waals surface area contributed by atoms with Gasteiger partial charge < -0.3 is 19.4 Å². The lowest BCUT2D eigenvalue weighted by atomic mass is 10.2. The van der Waals surface area contributed by atoms with Gasteiger partial charge in [0.25, 0.3) is 5.91 Å². The van der Waals surface area contributed by atoms with Crippen LogP contribution in [0.4, 0.5) is 0 Å². The van der Waals surface area contributed by atoms with Gasteiger partial charge >= 0.3 is 0 Å². The van der Waals surface area contributed by atoms with Crippen molar-refractivity contribution in [3.63, 3.8) is 0 Å². The number of nitrogens with one attached hydrogen (secondary N) is 1. The number of nitrogens with zero attached hydrogens (tertiary/aromatic N) is 2. The molecular formula is C21H29N3O4. The third-order valence-corrected chi connectivity index (χ3v) is 4.37. The minimum atomic E-state index is -0.119. The van der Waals surface area contributed by atoms with Crippen LogP contribution in [-0.2, 0) is 16.0 Å². The number of aryl methyl sites for hydroxylation is 2. The Morgan fingerprint density at radius 3 is 2.71 bits per heavy atom. The second kappa shape index (κ2) is 11.2. The average Bonchev–Trinajstić information content (AvgIpc) is 3.03. The summed E-state index contributed by atoms with van der Waals surface area (Å²) >= 11 is 0. The molecule has 0 saturated heterocycles. The van der Waals surface area contributed by atoms with Gasteiger partial charge in [0, 0.05) is 58.1 Å². The van der Waals surface area contributed by atoms with Crippen molar-refractivity contribution >= 4 is 11.8 Å². The third kappa shape index (κ3) is 6.81. The van der Waals surface area contributed by atoms with Crippen LogP contribution in [0.15, 0.2) is 34.9 Å². The molecule has 0 spiro atoms. The van der Waals surface area contributed by atoms with Crippen LogP contribution in [0.2, 0.25) is 0 Å². The Hall–Kier alpha value is -2.67. The van der Waals surface area contributed by atoms with Crippen molar-refractivity contribution in [1.82, 2.24) is 15.2 Å². The van der Waals surface area contributed by atoms with E-state index in [9.17, 15) is 9.59 Å².